The summed E-state index contributed by atoms with van der Waals surface area (Å²) in [6, 6.07) is 0. The van der Waals surface area contributed by atoms with Gasteiger partial charge in [-0.05, 0) is 85.8 Å². The summed E-state index contributed by atoms with van der Waals surface area (Å²) in [6.45, 7) is 13.1. The van der Waals surface area contributed by atoms with E-state index in [0.717, 1.165) is 0 Å². The third-order valence-electron chi connectivity index (χ3n) is 4.38. The Morgan fingerprint density at radius 2 is 1.11 bits per heavy atom. The highest BCUT2D eigenvalue weighted by Gasteiger charge is 2.35. The molecule has 0 radical (unpaired) electrons. The number of ketones is 2. The number of carbonyl (C=O) groups is 6. The number of esters is 2. The first-order valence-corrected chi connectivity index (χ1v) is 12.6. The quantitative estimate of drug-likeness (QED) is 0.265. The third-order valence-corrected chi connectivity index (χ3v) is 6.32. The van der Waals surface area contributed by atoms with Gasteiger partial charge in [-0.15, -0.1) is 0 Å². The fourth-order valence-corrected chi connectivity index (χ4v) is 3.53. The maximum absolute atomic E-state index is 12.8. The number of rotatable bonds is 11. The lowest BCUT2D eigenvalue weighted by Gasteiger charge is -2.23. The summed E-state index contributed by atoms with van der Waals surface area (Å²) < 4.78 is 18.2. The lowest BCUT2D eigenvalue weighted by Crippen LogP contribution is -2.33. The standard InChI is InChI=1S/C23H36O10S2/c1-14(24)15(11-34-19(28)32-12-30-17(26)21(2,3)4)10-16(25)23(8,9)35-20(29)33-13-31-18(27)22(5,6)7/h15H,10-13H2,1-9H3/t15-/m0/s1. The minimum atomic E-state index is -1.23. The van der Waals surface area contributed by atoms with Crippen LogP contribution in [0.1, 0.15) is 68.7 Å². The van der Waals surface area contributed by atoms with E-state index in [0.29, 0.717) is 23.5 Å². The first-order chi connectivity index (χ1) is 15.8. The van der Waals surface area contributed by atoms with E-state index in [4.69, 9.17) is 18.9 Å². The second-order valence-corrected chi connectivity index (χ2v) is 12.8. The molecule has 35 heavy (non-hydrogen) atoms. The van der Waals surface area contributed by atoms with Crippen molar-refractivity contribution < 1.29 is 47.7 Å². The van der Waals surface area contributed by atoms with Crippen molar-refractivity contribution in [3.63, 3.8) is 0 Å². The Morgan fingerprint density at radius 1 is 0.686 bits per heavy atom. The molecule has 0 aliphatic heterocycles. The molecule has 0 aliphatic carbocycles. The van der Waals surface area contributed by atoms with Gasteiger partial charge in [0.15, 0.2) is 0 Å². The van der Waals surface area contributed by atoms with Gasteiger partial charge < -0.3 is 18.9 Å². The Kier molecular flexibility index (Phi) is 13.0. The van der Waals surface area contributed by atoms with Gasteiger partial charge in [-0.25, -0.2) is 9.59 Å². The van der Waals surface area contributed by atoms with Crippen molar-refractivity contribution >= 4 is 57.6 Å². The van der Waals surface area contributed by atoms with Crippen LogP contribution in [-0.4, -0.2) is 58.2 Å². The second-order valence-electron chi connectivity index (χ2n) is 10.2. The number of Topliss-reactive ketones (excluding diaryl/α,β-unsaturated/α-hetero) is 2. The molecular formula is C23H36O10S2. The van der Waals surface area contributed by atoms with Crippen molar-refractivity contribution in [2.45, 2.75) is 73.5 Å². The Labute approximate surface area is 214 Å². The molecule has 0 aromatic heterocycles. The first-order valence-electron chi connectivity index (χ1n) is 10.8. The average molecular weight is 537 g/mol. The van der Waals surface area contributed by atoms with Crippen molar-refractivity contribution in [3.05, 3.63) is 0 Å². The van der Waals surface area contributed by atoms with Gasteiger partial charge >= 0.3 is 22.5 Å². The monoisotopic (exact) mass is 536 g/mol. The summed E-state index contributed by atoms with van der Waals surface area (Å²) in [5, 5.41) is -1.57. The number of thioether (sulfide) groups is 2. The van der Waals surface area contributed by atoms with Gasteiger partial charge in [0.2, 0.25) is 13.6 Å². The van der Waals surface area contributed by atoms with Gasteiger partial charge in [-0.1, -0.05) is 0 Å². The van der Waals surface area contributed by atoms with E-state index in [-0.39, 0.29) is 18.0 Å². The molecule has 200 valence electrons. The molecule has 1 atom stereocenters. The molecule has 0 bridgehead atoms. The van der Waals surface area contributed by atoms with Crippen LogP contribution in [0.2, 0.25) is 0 Å². The van der Waals surface area contributed by atoms with E-state index in [1.54, 1.807) is 41.5 Å². The van der Waals surface area contributed by atoms with E-state index in [1.807, 2.05) is 0 Å². The molecule has 0 unspecified atom stereocenters. The first kappa shape index (κ1) is 32.9. The zero-order valence-electron chi connectivity index (χ0n) is 21.8. The molecule has 0 spiro atoms. The van der Waals surface area contributed by atoms with Gasteiger partial charge in [0.05, 0.1) is 15.6 Å². The summed E-state index contributed by atoms with van der Waals surface area (Å²) in [5.74, 6) is -2.61. The van der Waals surface area contributed by atoms with Gasteiger partial charge in [-0.3, -0.25) is 19.2 Å². The molecule has 0 N–H and O–H groups in total. The van der Waals surface area contributed by atoms with E-state index in [2.05, 4.69) is 0 Å². The van der Waals surface area contributed by atoms with Gasteiger partial charge in [0, 0.05) is 18.1 Å². The summed E-state index contributed by atoms with van der Waals surface area (Å²) in [5.41, 5.74) is -1.49. The smallest absolute Gasteiger partial charge is 0.371 e. The van der Waals surface area contributed by atoms with Gasteiger partial charge in [0.25, 0.3) is 0 Å². The van der Waals surface area contributed by atoms with Gasteiger partial charge in [0.1, 0.15) is 11.6 Å². The van der Waals surface area contributed by atoms with Crippen LogP contribution in [0.15, 0.2) is 0 Å². The van der Waals surface area contributed by atoms with Crippen LogP contribution in [0, 0.1) is 16.7 Å². The minimum absolute atomic E-state index is 0.0267. The Bertz CT molecular complexity index is 806. The van der Waals surface area contributed by atoms with Crippen LogP contribution >= 0.6 is 23.5 Å². The zero-order valence-corrected chi connectivity index (χ0v) is 23.4. The van der Waals surface area contributed by atoms with E-state index >= 15 is 0 Å². The maximum atomic E-state index is 12.8. The number of hydrogen-bond acceptors (Lipinski definition) is 12. The number of ether oxygens (including phenoxy) is 4. The molecule has 0 rings (SSSR count). The topological polar surface area (TPSA) is 139 Å². The summed E-state index contributed by atoms with van der Waals surface area (Å²) in [6.07, 6.45) is -0.207. The summed E-state index contributed by atoms with van der Waals surface area (Å²) in [4.78, 5) is 72.1. The SMILES string of the molecule is CC(=O)[C@H](CSC(=O)OCOC(=O)C(C)(C)C)CC(=O)C(C)(C)SC(=O)OCOC(=O)C(C)(C)C. The lowest BCUT2D eigenvalue weighted by atomic mass is 9.94. The molecule has 0 fully saturated rings. The summed E-state index contributed by atoms with van der Waals surface area (Å²) >= 11 is 1.28. The van der Waals surface area contributed by atoms with Crippen LogP contribution < -0.4 is 0 Å². The van der Waals surface area contributed by atoms with Crippen molar-refractivity contribution in [1.82, 2.24) is 0 Å². The highest BCUT2D eigenvalue weighted by Crippen LogP contribution is 2.31. The Morgan fingerprint density at radius 3 is 1.51 bits per heavy atom. The van der Waals surface area contributed by atoms with Gasteiger partial charge in [-0.2, -0.15) is 0 Å². The van der Waals surface area contributed by atoms with Crippen LogP contribution in [0.4, 0.5) is 9.59 Å². The summed E-state index contributed by atoms with van der Waals surface area (Å²) in [7, 11) is 0. The fourth-order valence-electron chi connectivity index (χ4n) is 1.99. The highest BCUT2D eigenvalue weighted by molar-refractivity contribution is 8.15. The largest absolute Gasteiger partial charge is 0.427 e. The van der Waals surface area contributed by atoms with Crippen molar-refractivity contribution in [2.24, 2.45) is 16.7 Å². The zero-order chi connectivity index (χ0) is 27.6. The number of carbonyl (C=O) groups excluding carboxylic acids is 6. The third kappa shape index (κ3) is 13.6. The number of hydrogen-bond donors (Lipinski definition) is 0. The Hall–Kier alpha value is -2.08. The fraction of sp³-hybridized carbons (Fsp3) is 0.739. The van der Waals surface area contributed by atoms with Crippen LogP contribution in [-0.2, 0) is 38.1 Å². The molecule has 0 saturated heterocycles. The van der Waals surface area contributed by atoms with Crippen LogP contribution in [0.3, 0.4) is 0 Å². The normalized spacial score (nSPS) is 12.8. The predicted octanol–water partition coefficient (Wildman–Crippen LogP) is 4.76. The molecule has 0 heterocycles. The van der Waals surface area contributed by atoms with E-state index < -0.39 is 63.4 Å². The molecule has 0 amide bonds. The van der Waals surface area contributed by atoms with Crippen LogP contribution in [0.25, 0.3) is 0 Å². The molecule has 0 aromatic carbocycles. The average Bonchev–Trinajstić information content (AvgIpc) is 2.68. The Balaban J connectivity index is 4.67. The maximum Gasteiger partial charge on any atom is 0.371 e. The van der Waals surface area contributed by atoms with Crippen molar-refractivity contribution in [2.75, 3.05) is 19.3 Å². The highest BCUT2D eigenvalue weighted by atomic mass is 32.2. The van der Waals surface area contributed by atoms with E-state index in [9.17, 15) is 28.8 Å². The van der Waals surface area contributed by atoms with Crippen molar-refractivity contribution in [1.29, 1.82) is 0 Å². The lowest BCUT2D eigenvalue weighted by molar-refractivity contribution is -0.161. The molecule has 0 saturated carbocycles. The van der Waals surface area contributed by atoms with Crippen molar-refractivity contribution in [3.8, 4) is 0 Å². The molecule has 0 aromatic rings. The molecule has 0 aliphatic rings. The van der Waals surface area contributed by atoms with Crippen LogP contribution in [0.5, 0.6) is 0 Å². The molecular weight excluding hydrogens is 500 g/mol. The molecule has 10 nitrogen and oxygen atoms in total. The van der Waals surface area contributed by atoms with E-state index in [1.165, 1.54) is 20.8 Å². The predicted molar refractivity (Wildman–Crippen MR) is 132 cm³/mol. The minimum Gasteiger partial charge on any atom is -0.427 e. The molecule has 12 heteroatoms. The second kappa shape index (κ2) is 13.9.